The minimum atomic E-state index is -0.664. The third-order valence-electron chi connectivity index (χ3n) is 2.62. The number of amides is 1. The zero-order valence-corrected chi connectivity index (χ0v) is 11.6. The Hall–Kier alpha value is -2.67. The maximum atomic E-state index is 12.1. The van der Waals surface area contributed by atoms with Crippen LogP contribution in [0.25, 0.3) is 0 Å². The molecule has 0 bridgehead atoms. The van der Waals surface area contributed by atoms with Gasteiger partial charge in [0.05, 0.1) is 17.1 Å². The van der Waals surface area contributed by atoms with Crippen LogP contribution in [0.15, 0.2) is 36.5 Å². The molecule has 1 amide bonds. The Morgan fingerprint density at radius 2 is 2.14 bits per heavy atom. The number of nitro benzene ring substituents is 1. The summed E-state index contributed by atoms with van der Waals surface area (Å²) in [5.41, 5.74) is -0.512. The maximum absolute atomic E-state index is 12.1. The SMILES string of the molecule is COc1cccc(C(=O)Nc2ccc(Cl)cn2)c1[N+](=O)[O-]. The van der Waals surface area contributed by atoms with Crippen LogP contribution < -0.4 is 10.1 Å². The lowest BCUT2D eigenvalue weighted by atomic mass is 10.1. The molecule has 0 radical (unpaired) electrons. The monoisotopic (exact) mass is 307 g/mol. The van der Waals surface area contributed by atoms with E-state index < -0.39 is 16.5 Å². The van der Waals surface area contributed by atoms with Crippen molar-refractivity contribution >= 4 is 29.0 Å². The van der Waals surface area contributed by atoms with Crippen molar-refractivity contribution in [3.05, 3.63) is 57.2 Å². The van der Waals surface area contributed by atoms with Crippen molar-refractivity contribution in [1.29, 1.82) is 0 Å². The van der Waals surface area contributed by atoms with Crippen molar-refractivity contribution < 1.29 is 14.5 Å². The van der Waals surface area contributed by atoms with Gasteiger partial charge in [-0.3, -0.25) is 14.9 Å². The molecule has 8 heteroatoms. The highest BCUT2D eigenvalue weighted by Gasteiger charge is 2.25. The number of hydrogen-bond donors (Lipinski definition) is 1. The highest BCUT2D eigenvalue weighted by atomic mass is 35.5. The summed E-state index contributed by atoms with van der Waals surface area (Å²) in [7, 11) is 1.30. The summed E-state index contributed by atoms with van der Waals surface area (Å²) in [6.45, 7) is 0. The Morgan fingerprint density at radius 3 is 2.71 bits per heavy atom. The van der Waals surface area contributed by atoms with Crippen molar-refractivity contribution in [2.24, 2.45) is 0 Å². The molecule has 7 nitrogen and oxygen atoms in total. The van der Waals surface area contributed by atoms with Gasteiger partial charge >= 0.3 is 5.69 Å². The van der Waals surface area contributed by atoms with E-state index in [9.17, 15) is 14.9 Å². The molecule has 0 saturated carbocycles. The molecule has 1 heterocycles. The van der Waals surface area contributed by atoms with Gasteiger partial charge in [0.15, 0.2) is 5.75 Å². The van der Waals surface area contributed by atoms with Crippen molar-refractivity contribution in [2.75, 3.05) is 12.4 Å². The lowest BCUT2D eigenvalue weighted by Crippen LogP contribution is -2.15. The van der Waals surface area contributed by atoms with Gasteiger partial charge in [-0.1, -0.05) is 17.7 Å². The smallest absolute Gasteiger partial charge is 0.323 e. The molecule has 0 aliphatic carbocycles. The molecule has 1 aromatic heterocycles. The summed E-state index contributed by atoms with van der Waals surface area (Å²) in [5.74, 6) is -0.409. The van der Waals surface area contributed by atoms with Crippen molar-refractivity contribution in [1.82, 2.24) is 4.98 Å². The van der Waals surface area contributed by atoms with Gasteiger partial charge in [-0.05, 0) is 24.3 Å². The summed E-state index contributed by atoms with van der Waals surface area (Å²) in [4.78, 5) is 26.5. The number of pyridine rings is 1. The number of ether oxygens (including phenoxy) is 1. The lowest BCUT2D eigenvalue weighted by molar-refractivity contribution is -0.386. The van der Waals surface area contributed by atoms with E-state index in [1.54, 1.807) is 6.07 Å². The van der Waals surface area contributed by atoms with Crippen LogP contribution in [0.2, 0.25) is 5.02 Å². The highest BCUT2D eigenvalue weighted by Crippen LogP contribution is 2.30. The average Bonchev–Trinajstić information content (AvgIpc) is 2.48. The van der Waals surface area contributed by atoms with Gasteiger partial charge in [0.2, 0.25) is 0 Å². The first-order chi connectivity index (χ1) is 10.0. The Balaban J connectivity index is 2.35. The molecule has 0 spiro atoms. The van der Waals surface area contributed by atoms with Crippen LogP contribution in [0.4, 0.5) is 11.5 Å². The fourth-order valence-electron chi connectivity index (χ4n) is 1.69. The van der Waals surface area contributed by atoms with Crippen LogP contribution in [0.5, 0.6) is 5.75 Å². The van der Waals surface area contributed by atoms with Gasteiger partial charge < -0.3 is 10.1 Å². The first-order valence-corrected chi connectivity index (χ1v) is 6.15. The molecule has 0 aliphatic heterocycles. The van der Waals surface area contributed by atoms with Gasteiger partial charge in [0.1, 0.15) is 11.4 Å². The minimum absolute atomic E-state index is 0.0108. The zero-order valence-electron chi connectivity index (χ0n) is 10.9. The quantitative estimate of drug-likeness (QED) is 0.692. The van der Waals surface area contributed by atoms with E-state index in [1.807, 2.05) is 0 Å². The van der Waals surface area contributed by atoms with Crippen LogP contribution in [0.3, 0.4) is 0 Å². The van der Waals surface area contributed by atoms with Gasteiger partial charge in [0, 0.05) is 6.20 Å². The summed E-state index contributed by atoms with van der Waals surface area (Å²) < 4.78 is 4.91. The second-order valence-corrected chi connectivity index (χ2v) is 4.37. The Kier molecular flexibility index (Phi) is 4.34. The number of nitrogens with zero attached hydrogens (tertiary/aromatic N) is 2. The number of aromatic nitrogens is 1. The second-order valence-electron chi connectivity index (χ2n) is 3.93. The molecule has 0 saturated heterocycles. The molecular formula is C13H10ClN3O4. The van der Waals surface area contributed by atoms with Gasteiger partial charge in [-0.2, -0.15) is 0 Å². The second kappa shape index (κ2) is 6.19. The molecule has 0 atom stereocenters. The van der Waals surface area contributed by atoms with Crippen LogP contribution in [-0.4, -0.2) is 22.9 Å². The number of benzene rings is 1. The summed E-state index contributed by atoms with van der Waals surface area (Å²) in [5, 5.41) is 14.0. The largest absolute Gasteiger partial charge is 0.490 e. The number of para-hydroxylation sites is 1. The Bertz CT molecular complexity index is 688. The first-order valence-electron chi connectivity index (χ1n) is 5.77. The molecule has 2 rings (SSSR count). The predicted octanol–water partition coefficient (Wildman–Crippen LogP) is 2.90. The molecule has 108 valence electrons. The third kappa shape index (κ3) is 3.26. The van der Waals surface area contributed by atoms with E-state index in [0.29, 0.717) is 5.02 Å². The number of nitro groups is 1. The van der Waals surface area contributed by atoms with Gasteiger partial charge in [-0.25, -0.2) is 4.98 Å². The molecule has 2 aromatic rings. The number of anilines is 1. The van der Waals surface area contributed by atoms with Crippen LogP contribution in [-0.2, 0) is 0 Å². The fraction of sp³-hybridized carbons (Fsp3) is 0.0769. The standard InChI is InChI=1S/C13H10ClN3O4/c1-21-10-4-2-3-9(12(10)17(19)20)13(18)16-11-6-5-8(14)7-15-11/h2-7H,1H3,(H,15,16,18). The summed E-state index contributed by atoms with van der Waals surface area (Å²) in [6.07, 6.45) is 1.36. The molecule has 21 heavy (non-hydrogen) atoms. The number of hydrogen-bond acceptors (Lipinski definition) is 5. The van der Waals surface area contributed by atoms with E-state index in [0.717, 1.165) is 0 Å². The number of carbonyl (C=O) groups is 1. The van der Waals surface area contributed by atoms with Crippen LogP contribution in [0.1, 0.15) is 10.4 Å². The molecule has 1 N–H and O–H groups in total. The predicted molar refractivity (Wildman–Crippen MR) is 76.8 cm³/mol. The molecule has 0 fully saturated rings. The summed E-state index contributed by atoms with van der Waals surface area (Å²) in [6, 6.07) is 7.29. The van der Waals surface area contributed by atoms with Gasteiger partial charge in [0.25, 0.3) is 5.91 Å². The molecule has 0 unspecified atom stereocenters. The van der Waals surface area contributed by atoms with Crippen molar-refractivity contribution in [3.8, 4) is 5.75 Å². The number of nitrogens with one attached hydrogen (secondary N) is 1. The van der Waals surface area contributed by atoms with E-state index in [-0.39, 0.29) is 17.1 Å². The Morgan fingerprint density at radius 1 is 1.38 bits per heavy atom. The van der Waals surface area contributed by atoms with E-state index in [4.69, 9.17) is 16.3 Å². The van der Waals surface area contributed by atoms with Crippen LogP contribution in [0, 0.1) is 10.1 Å². The van der Waals surface area contributed by atoms with Gasteiger partial charge in [-0.15, -0.1) is 0 Å². The Labute approximate surface area is 124 Å². The van der Waals surface area contributed by atoms with E-state index >= 15 is 0 Å². The van der Waals surface area contributed by atoms with Crippen molar-refractivity contribution in [3.63, 3.8) is 0 Å². The summed E-state index contributed by atoms with van der Waals surface area (Å²) >= 11 is 5.69. The average molecular weight is 308 g/mol. The zero-order chi connectivity index (χ0) is 15.4. The fourth-order valence-corrected chi connectivity index (χ4v) is 1.80. The van der Waals surface area contributed by atoms with E-state index in [2.05, 4.69) is 10.3 Å². The number of methoxy groups -OCH3 is 1. The van der Waals surface area contributed by atoms with Crippen LogP contribution >= 0.6 is 11.6 Å². The topological polar surface area (TPSA) is 94.4 Å². The molecular weight excluding hydrogens is 298 g/mol. The number of carbonyl (C=O) groups excluding carboxylic acids is 1. The number of halogens is 1. The first kappa shape index (κ1) is 14.7. The maximum Gasteiger partial charge on any atom is 0.323 e. The molecule has 0 aliphatic rings. The van der Waals surface area contributed by atoms with Crippen molar-refractivity contribution in [2.45, 2.75) is 0 Å². The normalized spacial score (nSPS) is 10.0. The number of rotatable bonds is 4. The lowest BCUT2D eigenvalue weighted by Gasteiger charge is -2.07. The van der Waals surface area contributed by atoms with E-state index in [1.165, 1.54) is 37.6 Å². The third-order valence-corrected chi connectivity index (χ3v) is 2.84. The minimum Gasteiger partial charge on any atom is -0.490 e. The highest BCUT2D eigenvalue weighted by molar-refractivity contribution is 6.30. The molecule has 1 aromatic carbocycles.